The molecule has 0 aromatic rings. The van der Waals surface area contributed by atoms with Gasteiger partial charge in [0.2, 0.25) is 0 Å². The van der Waals surface area contributed by atoms with E-state index in [1.165, 1.54) is 17.1 Å². The van der Waals surface area contributed by atoms with Gasteiger partial charge in [0.15, 0.2) is 0 Å². The van der Waals surface area contributed by atoms with Crippen molar-refractivity contribution in [1.29, 1.82) is 0 Å². The first-order valence-corrected chi connectivity index (χ1v) is 2.67. The molecule has 0 aromatic carbocycles. The third-order valence-corrected chi connectivity index (χ3v) is 0.757. The fraction of sp³-hybridized carbons (Fsp3) is 0.333. The third kappa shape index (κ3) is 4.26. The van der Waals surface area contributed by atoms with Crippen LogP contribution in [-0.2, 0) is 0 Å². The summed E-state index contributed by atoms with van der Waals surface area (Å²) in [6, 6.07) is 0. The van der Waals surface area contributed by atoms with Crippen molar-refractivity contribution < 1.29 is 0 Å². The normalized spacial score (nSPS) is 7.40. The van der Waals surface area contributed by atoms with Crippen molar-refractivity contribution in [2.24, 2.45) is 0 Å². The minimum absolute atomic E-state index is 0.931. The average molecular weight is 133 g/mol. The first-order chi connectivity index (χ1) is 2.41. The summed E-state index contributed by atoms with van der Waals surface area (Å²) in [6.07, 6.45) is 1.84. The molecule has 0 rings (SSSR count). The SMILES string of the molecule is C=CCN[AsH2]. The fourth-order valence-corrected chi connectivity index (χ4v) is 0.433. The summed E-state index contributed by atoms with van der Waals surface area (Å²) < 4.78 is 2.96. The maximum atomic E-state index is 3.50. The predicted molar refractivity (Wildman–Crippen MR) is 26.7 cm³/mol. The Hall–Kier alpha value is 0.258. The van der Waals surface area contributed by atoms with E-state index in [-0.39, 0.29) is 0 Å². The average Bonchev–Trinajstić information content (AvgIpc) is 1.41. The van der Waals surface area contributed by atoms with E-state index in [4.69, 9.17) is 0 Å². The zero-order valence-electron chi connectivity index (χ0n) is 3.07. The van der Waals surface area contributed by atoms with Gasteiger partial charge in [-0.05, 0) is 0 Å². The van der Waals surface area contributed by atoms with Crippen molar-refractivity contribution in [2.75, 3.05) is 6.54 Å². The first kappa shape index (κ1) is 5.26. The van der Waals surface area contributed by atoms with Gasteiger partial charge in [-0.3, -0.25) is 0 Å². The van der Waals surface area contributed by atoms with Gasteiger partial charge >= 0.3 is 40.5 Å². The van der Waals surface area contributed by atoms with Gasteiger partial charge in [0.25, 0.3) is 0 Å². The summed E-state index contributed by atoms with van der Waals surface area (Å²) in [5, 5.41) is 0. The van der Waals surface area contributed by atoms with Crippen molar-refractivity contribution in [3.63, 3.8) is 0 Å². The van der Waals surface area contributed by atoms with Crippen LogP contribution in [0, 0.1) is 0 Å². The molecule has 0 aliphatic rings. The molecular formula is C3H8AsN. The van der Waals surface area contributed by atoms with E-state index in [0.717, 1.165) is 6.54 Å². The summed E-state index contributed by atoms with van der Waals surface area (Å²) in [4.78, 5) is 0. The molecule has 0 aliphatic heterocycles. The van der Waals surface area contributed by atoms with E-state index in [2.05, 4.69) is 10.8 Å². The van der Waals surface area contributed by atoms with Crippen molar-refractivity contribution in [3.05, 3.63) is 12.7 Å². The fourth-order valence-electron chi connectivity index (χ4n) is 0.0833. The van der Waals surface area contributed by atoms with Crippen LogP contribution >= 0.6 is 0 Å². The van der Waals surface area contributed by atoms with Crippen LogP contribution < -0.4 is 4.23 Å². The van der Waals surface area contributed by atoms with Crippen molar-refractivity contribution >= 4 is 17.1 Å². The molecule has 0 amide bonds. The summed E-state index contributed by atoms with van der Waals surface area (Å²) in [7, 11) is 0. The van der Waals surface area contributed by atoms with E-state index in [0.29, 0.717) is 0 Å². The van der Waals surface area contributed by atoms with Crippen molar-refractivity contribution in [1.82, 2.24) is 4.23 Å². The zero-order chi connectivity index (χ0) is 4.12. The van der Waals surface area contributed by atoms with Crippen LogP contribution in [-0.4, -0.2) is 23.6 Å². The van der Waals surface area contributed by atoms with Gasteiger partial charge in [-0.15, -0.1) is 0 Å². The number of nitrogens with one attached hydrogen (secondary N) is 1. The van der Waals surface area contributed by atoms with Gasteiger partial charge in [0.1, 0.15) is 0 Å². The molecule has 1 nitrogen and oxygen atoms in total. The molecule has 0 bridgehead atoms. The molecule has 0 saturated heterocycles. The Bertz CT molecular complexity index is 28.1. The van der Waals surface area contributed by atoms with Gasteiger partial charge in [0, 0.05) is 0 Å². The zero-order valence-corrected chi connectivity index (χ0v) is 5.49. The predicted octanol–water partition coefficient (Wildman–Crippen LogP) is -0.690. The Kier molecular flexibility index (Phi) is 4.48. The van der Waals surface area contributed by atoms with Crippen LogP contribution in [0.15, 0.2) is 12.7 Å². The molecule has 30 valence electrons. The quantitative estimate of drug-likeness (QED) is 0.388. The molecule has 0 heterocycles. The molecule has 0 aliphatic carbocycles. The van der Waals surface area contributed by atoms with Crippen LogP contribution in [0.4, 0.5) is 0 Å². The molecule has 1 N–H and O–H groups in total. The van der Waals surface area contributed by atoms with Crippen LogP contribution in [0.1, 0.15) is 0 Å². The van der Waals surface area contributed by atoms with Crippen LogP contribution in [0.25, 0.3) is 0 Å². The molecule has 0 aromatic heterocycles. The summed E-state index contributed by atoms with van der Waals surface area (Å²) in [5.74, 6) is 0. The third-order valence-electron chi connectivity index (χ3n) is 0.262. The summed E-state index contributed by atoms with van der Waals surface area (Å²) >= 11 is 1.52. The Morgan fingerprint density at radius 1 is 2.00 bits per heavy atom. The van der Waals surface area contributed by atoms with Crippen molar-refractivity contribution in [2.45, 2.75) is 0 Å². The standard InChI is InChI=1S/C3H8AsN/c1-2-3-5-4/h2,5H,1,3-4H2. The monoisotopic (exact) mass is 133 g/mol. The van der Waals surface area contributed by atoms with Gasteiger partial charge < -0.3 is 0 Å². The number of rotatable bonds is 2. The Morgan fingerprint density at radius 3 is 2.60 bits per heavy atom. The van der Waals surface area contributed by atoms with Crippen LogP contribution in [0.3, 0.4) is 0 Å². The van der Waals surface area contributed by atoms with E-state index in [1.807, 2.05) is 6.08 Å². The van der Waals surface area contributed by atoms with Gasteiger partial charge in [-0.1, -0.05) is 0 Å². The number of hydrogen-bond acceptors (Lipinski definition) is 1. The van der Waals surface area contributed by atoms with E-state index >= 15 is 0 Å². The van der Waals surface area contributed by atoms with Crippen LogP contribution in [0.2, 0.25) is 0 Å². The van der Waals surface area contributed by atoms with Crippen LogP contribution in [0.5, 0.6) is 0 Å². The molecule has 0 fully saturated rings. The minimum atomic E-state index is 0.931. The molecule has 0 spiro atoms. The molecule has 2 heteroatoms. The first-order valence-electron chi connectivity index (χ1n) is 1.46. The Morgan fingerprint density at radius 2 is 2.60 bits per heavy atom. The molecule has 1 atom stereocenters. The van der Waals surface area contributed by atoms with Gasteiger partial charge in [-0.25, -0.2) is 0 Å². The summed E-state index contributed by atoms with van der Waals surface area (Å²) in [6.45, 7) is 4.43. The van der Waals surface area contributed by atoms with Crippen molar-refractivity contribution in [3.8, 4) is 0 Å². The summed E-state index contributed by atoms with van der Waals surface area (Å²) in [5.41, 5.74) is 0. The Labute approximate surface area is 41.2 Å². The van der Waals surface area contributed by atoms with E-state index < -0.39 is 0 Å². The number of hydrogen-bond donors (Lipinski definition) is 1. The second kappa shape index (κ2) is 4.26. The van der Waals surface area contributed by atoms with Gasteiger partial charge in [-0.2, -0.15) is 0 Å². The van der Waals surface area contributed by atoms with Gasteiger partial charge in [0.05, 0.1) is 0 Å². The van der Waals surface area contributed by atoms with E-state index in [1.54, 1.807) is 0 Å². The molecule has 5 heavy (non-hydrogen) atoms. The maximum absolute atomic E-state index is 3.50. The molecule has 0 radical (unpaired) electrons. The van der Waals surface area contributed by atoms with E-state index in [9.17, 15) is 0 Å². The topological polar surface area (TPSA) is 12.0 Å². The molecule has 1 unspecified atom stereocenters. The Balaban J connectivity index is 2.40. The molecular weight excluding hydrogens is 125 g/mol. The second-order valence-electron chi connectivity index (χ2n) is 0.697. The second-order valence-corrected chi connectivity index (χ2v) is 1.55. The molecule has 0 saturated carbocycles.